The van der Waals surface area contributed by atoms with Crippen molar-refractivity contribution in [2.24, 2.45) is 7.05 Å². The Morgan fingerprint density at radius 1 is 0.898 bits per heavy atom. The third-order valence-corrected chi connectivity index (χ3v) is 9.27. The predicted molar refractivity (Wildman–Crippen MR) is 190 cm³/mol. The number of hydrogen-bond acceptors (Lipinski definition) is 5. The largest absolute Gasteiger partial charge is 0.508 e. The van der Waals surface area contributed by atoms with Gasteiger partial charge in [-0.1, -0.05) is 48.5 Å². The smallest absolute Gasteiger partial charge is 0.259 e. The summed E-state index contributed by atoms with van der Waals surface area (Å²) in [6, 6.07) is 31.2. The number of hydrogen-bond donors (Lipinski definition) is 2. The lowest BCUT2D eigenvalue weighted by Gasteiger charge is -2.35. The van der Waals surface area contributed by atoms with Crippen LogP contribution in [0.15, 0.2) is 103 Å². The molecule has 0 saturated carbocycles. The number of phenolic OH excluding ortho intramolecular Hbond substituents is 1. The molecule has 250 valence electrons. The molecule has 0 fully saturated rings. The number of nitrogens with one attached hydrogen (secondary N) is 1. The molecule has 5 aromatic rings. The Kier molecular flexibility index (Phi) is 9.53. The summed E-state index contributed by atoms with van der Waals surface area (Å²) in [6.07, 6.45) is 0.762. The number of fused-ring (bicyclic) bond motifs is 1. The Morgan fingerprint density at radius 2 is 1.59 bits per heavy atom. The molecular formula is C40H40N4O5. The molecule has 0 radical (unpaired) electrons. The molecule has 1 aliphatic heterocycles. The third kappa shape index (κ3) is 7.06. The third-order valence-electron chi connectivity index (χ3n) is 9.27. The fourth-order valence-corrected chi connectivity index (χ4v) is 6.27. The highest BCUT2D eigenvalue weighted by Crippen LogP contribution is 2.33. The van der Waals surface area contributed by atoms with Gasteiger partial charge in [-0.3, -0.25) is 14.4 Å². The summed E-state index contributed by atoms with van der Waals surface area (Å²) >= 11 is 0. The van der Waals surface area contributed by atoms with E-state index in [1.807, 2.05) is 78.0 Å². The maximum atomic E-state index is 14.4. The van der Waals surface area contributed by atoms with E-state index < -0.39 is 0 Å². The maximum absolute atomic E-state index is 14.4. The predicted octanol–water partition coefficient (Wildman–Crippen LogP) is 6.26. The maximum Gasteiger partial charge on any atom is 0.259 e. The fourth-order valence-electron chi connectivity index (χ4n) is 6.27. The minimum atomic E-state index is -0.272. The number of carbonyl (C=O) groups excluding carboxylic acids is 3. The second-order valence-corrected chi connectivity index (χ2v) is 12.5. The van der Waals surface area contributed by atoms with Crippen LogP contribution in [0, 0.1) is 6.92 Å². The van der Waals surface area contributed by atoms with Gasteiger partial charge in [-0.2, -0.15) is 0 Å². The minimum Gasteiger partial charge on any atom is -0.508 e. The Bertz CT molecular complexity index is 2000. The standard InChI is InChI=1S/C40H40N4O5/c1-26-20-29-10-8-9-11-30(29)24-44(26)40(48)34-19-14-28(23-41-38(46)25-49-33-12-6-5-7-13-33)21-36(34)37-22-35(27(2)42(37)3)39(47)43(4)31-15-17-32(45)18-16-31/h5-19,21-22,26,45H,20,23-25H2,1-4H3,(H,41,46)/t26-/m1/s1. The molecule has 1 atom stereocenters. The van der Waals surface area contributed by atoms with Gasteiger partial charge >= 0.3 is 0 Å². The van der Waals surface area contributed by atoms with Crippen molar-refractivity contribution in [1.82, 2.24) is 14.8 Å². The number of phenols is 1. The fraction of sp³-hybridized carbons (Fsp3) is 0.225. The Labute approximate surface area is 286 Å². The average molecular weight is 657 g/mol. The van der Waals surface area contributed by atoms with E-state index in [-0.39, 0.29) is 42.7 Å². The Morgan fingerprint density at radius 3 is 2.33 bits per heavy atom. The molecule has 49 heavy (non-hydrogen) atoms. The summed E-state index contributed by atoms with van der Waals surface area (Å²) < 4.78 is 7.52. The summed E-state index contributed by atoms with van der Waals surface area (Å²) in [7, 11) is 3.57. The van der Waals surface area contributed by atoms with E-state index in [9.17, 15) is 19.5 Å². The number of anilines is 1. The van der Waals surface area contributed by atoms with Crippen LogP contribution in [-0.2, 0) is 31.4 Å². The molecule has 2 N–H and O–H groups in total. The van der Waals surface area contributed by atoms with Crippen molar-refractivity contribution in [3.63, 3.8) is 0 Å². The SMILES string of the molecule is Cc1c(C(=O)N(C)c2ccc(O)cc2)cc(-c2cc(CNC(=O)COc3ccccc3)ccc2C(=O)N2Cc3ccccc3C[C@H]2C)n1C. The molecule has 9 heteroatoms. The van der Waals surface area contributed by atoms with Crippen molar-refractivity contribution >= 4 is 23.4 Å². The van der Waals surface area contributed by atoms with E-state index in [0.29, 0.717) is 40.4 Å². The molecule has 0 bridgehead atoms. The average Bonchev–Trinajstić information content (AvgIpc) is 3.42. The Hall–Kier alpha value is -5.83. The van der Waals surface area contributed by atoms with Crippen molar-refractivity contribution in [3.8, 4) is 22.8 Å². The van der Waals surface area contributed by atoms with E-state index in [0.717, 1.165) is 23.2 Å². The van der Waals surface area contributed by atoms with Crippen LogP contribution in [0.5, 0.6) is 11.5 Å². The van der Waals surface area contributed by atoms with Crippen LogP contribution >= 0.6 is 0 Å². The van der Waals surface area contributed by atoms with Gasteiger partial charge in [0.2, 0.25) is 0 Å². The number of para-hydroxylation sites is 1. The van der Waals surface area contributed by atoms with Gasteiger partial charge in [0, 0.05) is 61.4 Å². The van der Waals surface area contributed by atoms with E-state index in [1.165, 1.54) is 10.5 Å². The van der Waals surface area contributed by atoms with Gasteiger partial charge in [-0.25, -0.2) is 0 Å². The first-order valence-electron chi connectivity index (χ1n) is 16.3. The van der Waals surface area contributed by atoms with Crippen LogP contribution in [0.4, 0.5) is 5.69 Å². The first-order valence-corrected chi connectivity index (χ1v) is 16.3. The van der Waals surface area contributed by atoms with Crippen molar-refractivity contribution in [2.45, 2.75) is 39.4 Å². The summed E-state index contributed by atoms with van der Waals surface area (Å²) in [4.78, 5) is 44.3. The summed E-state index contributed by atoms with van der Waals surface area (Å²) in [5.74, 6) is 0.133. The lowest BCUT2D eigenvalue weighted by Crippen LogP contribution is -2.42. The van der Waals surface area contributed by atoms with Gasteiger partial charge in [0.25, 0.3) is 17.7 Å². The van der Waals surface area contributed by atoms with Gasteiger partial charge in [0.05, 0.1) is 5.56 Å². The van der Waals surface area contributed by atoms with Crippen LogP contribution in [0.2, 0.25) is 0 Å². The zero-order valence-corrected chi connectivity index (χ0v) is 28.1. The monoisotopic (exact) mass is 656 g/mol. The van der Waals surface area contributed by atoms with Crippen LogP contribution in [-0.4, -0.2) is 52.0 Å². The number of benzene rings is 4. The number of rotatable bonds is 9. The van der Waals surface area contributed by atoms with Gasteiger partial charge in [0.15, 0.2) is 6.61 Å². The van der Waals surface area contributed by atoms with E-state index in [4.69, 9.17) is 4.74 Å². The molecule has 0 saturated heterocycles. The number of nitrogens with zero attached hydrogens (tertiary/aromatic N) is 3. The van der Waals surface area contributed by atoms with Gasteiger partial charge < -0.3 is 29.5 Å². The quantitative estimate of drug-likeness (QED) is 0.195. The molecule has 2 heterocycles. The summed E-state index contributed by atoms with van der Waals surface area (Å²) in [5.41, 5.74) is 6.92. The van der Waals surface area contributed by atoms with Crippen molar-refractivity contribution in [3.05, 3.63) is 137 Å². The van der Waals surface area contributed by atoms with E-state index >= 15 is 0 Å². The highest BCUT2D eigenvalue weighted by Gasteiger charge is 2.30. The Balaban J connectivity index is 1.32. The van der Waals surface area contributed by atoms with Crippen molar-refractivity contribution < 1.29 is 24.2 Å². The van der Waals surface area contributed by atoms with Crippen LogP contribution in [0.25, 0.3) is 11.3 Å². The molecule has 9 nitrogen and oxygen atoms in total. The topological polar surface area (TPSA) is 104 Å². The molecule has 0 aliphatic carbocycles. The number of aromatic nitrogens is 1. The number of ether oxygens (including phenoxy) is 1. The minimum absolute atomic E-state index is 0.00919. The lowest BCUT2D eigenvalue weighted by atomic mass is 9.93. The molecular weight excluding hydrogens is 616 g/mol. The van der Waals surface area contributed by atoms with Crippen molar-refractivity contribution in [2.75, 3.05) is 18.6 Å². The van der Waals surface area contributed by atoms with Gasteiger partial charge in [-0.05, 0) is 91.6 Å². The van der Waals surface area contributed by atoms with Gasteiger partial charge in [0.1, 0.15) is 11.5 Å². The van der Waals surface area contributed by atoms with Crippen molar-refractivity contribution in [1.29, 1.82) is 0 Å². The number of amides is 3. The van der Waals surface area contributed by atoms with Crippen LogP contribution in [0.1, 0.15) is 50.0 Å². The lowest BCUT2D eigenvalue weighted by molar-refractivity contribution is -0.123. The molecule has 4 aromatic carbocycles. The normalized spacial score (nSPS) is 13.8. The number of carbonyl (C=O) groups is 3. The zero-order valence-electron chi connectivity index (χ0n) is 28.1. The molecule has 1 aliphatic rings. The molecule has 0 unspecified atom stereocenters. The van der Waals surface area contributed by atoms with Gasteiger partial charge in [-0.15, -0.1) is 0 Å². The summed E-state index contributed by atoms with van der Waals surface area (Å²) in [5, 5.41) is 12.7. The second-order valence-electron chi connectivity index (χ2n) is 12.5. The molecule has 3 amide bonds. The van der Waals surface area contributed by atoms with Crippen LogP contribution < -0.4 is 15.0 Å². The zero-order chi connectivity index (χ0) is 34.7. The first kappa shape index (κ1) is 33.1. The molecule has 6 rings (SSSR count). The van der Waals surface area contributed by atoms with E-state index in [2.05, 4.69) is 24.4 Å². The first-order chi connectivity index (χ1) is 23.6. The molecule has 0 spiro atoms. The highest BCUT2D eigenvalue weighted by atomic mass is 16.5. The second kappa shape index (κ2) is 14.1. The highest BCUT2D eigenvalue weighted by molar-refractivity contribution is 6.08. The summed E-state index contributed by atoms with van der Waals surface area (Å²) in [6.45, 7) is 4.55. The van der Waals surface area contributed by atoms with Crippen LogP contribution in [0.3, 0.4) is 0 Å². The number of aromatic hydroxyl groups is 1. The molecule has 1 aromatic heterocycles. The van der Waals surface area contributed by atoms with E-state index in [1.54, 1.807) is 43.4 Å².